The maximum atomic E-state index is 11.6. The van der Waals surface area contributed by atoms with Crippen LogP contribution in [0, 0.1) is 0 Å². The number of anilines is 1. The number of nitrogen functional groups attached to an aromatic ring is 1. The third kappa shape index (κ3) is 3.78. The summed E-state index contributed by atoms with van der Waals surface area (Å²) < 4.78 is 4.88. The Bertz CT molecular complexity index is 613. The number of thioether (sulfide) groups is 1. The Kier molecular flexibility index (Phi) is 4.30. The van der Waals surface area contributed by atoms with Gasteiger partial charge in [0.15, 0.2) is 5.16 Å². The van der Waals surface area contributed by atoms with E-state index in [1.54, 1.807) is 19.1 Å². The number of nitrogens with two attached hydrogens (primary N) is 1. The van der Waals surface area contributed by atoms with Crippen molar-refractivity contribution in [3.05, 3.63) is 12.5 Å². The monoisotopic (exact) mass is 296 g/mol. The van der Waals surface area contributed by atoms with Gasteiger partial charge in [0.2, 0.25) is 11.2 Å². The van der Waals surface area contributed by atoms with Gasteiger partial charge in [-0.15, -0.1) is 0 Å². The van der Waals surface area contributed by atoms with E-state index in [4.69, 9.17) is 10.3 Å². The number of aromatic nitrogens is 5. The van der Waals surface area contributed by atoms with Crippen molar-refractivity contribution in [2.75, 3.05) is 30.6 Å². The van der Waals surface area contributed by atoms with Gasteiger partial charge in [-0.3, -0.25) is 4.52 Å². The Hall–Kier alpha value is -2.43. The minimum absolute atomic E-state index is 0.0616. The summed E-state index contributed by atoms with van der Waals surface area (Å²) in [6.45, 7) is 0. The molecule has 0 amide bonds. The van der Waals surface area contributed by atoms with Gasteiger partial charge < -0.3 is 10.8 Å². The predicted octanol–water partition coefficient (Wildman–Crippen LogP) is -1.89. The lowest BCUT2D eigenvalue weighted by Gasteiger charge is -2.06. The van der Waals surface area contributed by atoms with Crippen molar-refractivity contribution in [2.24, 2.45) is 4.99 Å². The summed E-state index contributed by atoms with van der Waals surface area (Å²) >= 11 is 1.11. The minimum Gasteiger partial charge on any atom is -0.861 e. The fourth-order valence-electron chi connectivity index (χ4n) is 1.11. The van der Waals surface area contributed by atoms with Crippen molar-refractivity contribution in [3.8, 4) is 0 Å². The van der Waals surface area contributed by atoms with E-state index in [1.807, 2.05) is 0 Å². The first-order chi connectivity index (χ1) is 9.54. The Morgan fingerprint density at radius 2 is 2.35 bits per heavy atom. The highest BCUT2D eigenvalue weighted by Crippen LogP contribution is 2.13. The van der Waals surface area contributed by atoms with Crippen LogP contribution >= 0.6 is 11.8 Å². The van der Waals surface area contributed by atoms with Crippen LogP contribution in [0.1, 0.15) is 0 Å². The predicted molar refractivity (Wildman–Crippen MR) is 68.8 cm³/mol. The third-order valence-electron chi connectivity index (χ3n) is 1.98. The summed E-state index contributed by atoms with van der Waals surface area (Å²) in [5.74, 6) is -0.101. The quantitative estimate of drug-likeness (QED) is 0.291. The second-order valence-electron chi connectivity index (χ2n) is 3.73. The van der Waals surface area contributed by atoms with E-state index in [9.17, 15) is 5.11 Å². The molecule has 0 bridgehead atoms. The van der Waals surface area contributed by atoms with Crippen molar-refractivity contribution in [1.29, 1.82) is 0 Å². The molecular weight excluding hydrogens is 284 g/mol. The van der Waals surface area contributed by atoms with E-state index in [-0.39, 0.29) is 17.6 Å². The number of nitrogens with zero attached hydrogens (tertiary/aromatic N) is 7. The molecule has 0 atom stereocenters. The molecule has 0 aliphatic carbocycles. The molecule has 2 heterocycles. The topological polar surface area (TPSA) is 133 Å². The molecule has 0 aromatic carbocycles. The van der Waals surface area contributed by atoms with Crippen molar-refractivity contribution in [2.45, 2.75) is 5.16 Å². The van der Waals surface area contributed by atoms with Gasteiger partial charge in [0.05, 0.1) is 18.9 Å². The van der Waals surface area contributed by atoms with Crippen LogP contribution in [0.3, 0.4) is 0 Å². The van der Waals surface area contributed by atoms with Crippen LogP contribution in [0.4, 0.5) is 11.8 Å². The van der Waals surface area contributed by atoms with Crippen molar-refractivity contribution < 1.29 is 14.4 Å². The van der Waals surface area contributed by atoms with Gasteiger partial charge in [0.25, 0.3) is 6.20 Å². The second kappa shape index (κ2) is 6.14. The lowest BCUT2D eigenvalue weighted by atomic mass is 10.7. The second-order valence-corrected chi connectivity index (χ2v) is 4.67. The molecule has 11 heteroatoms. The average Bonchev–Trinajstić information content (AvgIpc) is 2.85. The molecule has 106 valence electrons. The minimum atomic E-state index is -0.393. The molecule has 0 unspecified atom stereocenters. The average molecular weight is 296 g/mol. The molecular formula is C9H12N8O2S. The summed E-state index contributed by atoms with van der Waals surface area (Å²) in [6.07, 6.45) is 2.77. The highest BCUT2D eigenvalue weighted by atomic mass is 32.2. The zero-order chi connectivity index (χ0) is 14.5. The maximum absolute atomic E-state index is 11.6. The lowest BCUT2D eigenvalue weighted by Crippen LogP contribution is -2.53. The molecule has 0 aliphatic heterocycles. The fourth-order valence-corrected chi connectivity index (χ4v) is 1.71. The summed E-state index contributed by atoms with van der Waals surface area (Å²) in [5.41, 5.74) is 5.41. The summed E-state index contributed by atoms with van der Waals surface area (Å²) in [6, 6.07) is 0. The van der Waals surface area contributed by atoms with E-state index < -0.39 is 5.90 Å². The first-order valence-corrected chi connectivity index (χ1v) is 6.41. The summed E-state index contributed by atoms with van der Waals surface area (Å²) in [5, 5.41) is 17.3. The van der Waals surface area contributed by atoms with Gasteiger partial charge in [-0.2, -0.15) is 9.99 Å². The number of rotatable bonds is 5. The molecule has 0 fully saturated rings. The molecule has 2 aromatic heterocycles. The highest BCUT2D eigenvalue weighted by molar-refractivity contribution is 7.99. The molecule has 0 aliphatic rings. The molecule has 2 rings (SSSR count). The standard InChI is InChI=1S/C9H12N8O2S/c1-16(2)17-3-7(19-15-17)13-6(18)4-20-9-12-5-11-8(10)14-9/h3,5H,4H2,1-2H3,(H2-,10,11,12,13,14,15,18). The van der Waals surface area contributed by atoms with Crippen molar-refractivity contribution in [3.63, 3.8) is 0 Å². The Morgan fingerprint density at radius 3 is 3.00 bits per heavy atom. The Balaban J connectivity index is 1.96. The maximum Gasteiger partial charge on any atom is 0.324 e. The largest absolute Gasteiger partial charge is 0.861 e. The highest BCUT2D eigenvalue weighted by Gasteiger charge is 2.12. The Morgan fingerprint density at radius 1 is 1.55 bits per heavy atom. The Labute approximate surface area is 118 Å². The molecule has 0 radical (unpaired) electrons. The number of hydrogen-bond donors (Lipinski definition) is 1. The van der Waals surface area contributed by atoms with Crippen molar-refractivity contribution >= 4 is 29.5 Å². The van der Waals surface area contributed by atoms with Crippen LogP contribution in [-0.2, 0) is 0 Å². The van der Waals surface area contributed by atoms with E-state index >= 15 is 0 Å². The van der Waals surface area contributed by atoms with Crippen LogP contribution in [-0.4, -0.2) is 46.0 Å². The first kappa shape index (κ1) is 14.0. The summed E-state index contributed by atoms with van der Waals surface area (Å²) in [4.78, 5) is 16.6. The first-order valence-electron chi connectivity index (χ1n) is 5.43. The molecule has 0 saturated heterocycles. The third-order valence-corrected chi connectivity index (χ3v) is 2.83. The molecule has 0 spiro atoms. The van der Waals surface area contributed by atoms with E-state index in [1.165, 1.54) is 17.3 Å². The van der Waals surface area contributed by atoms with Crippen LogP contribution < -0.4 is 20.6 Å². The smallest absolute Gasteiger partial charge is 0.324 e. The van der Waals surface area contributed by atoms with Gasteiger partial charge in [0.1, 0.15) is 6.33 Å². The van der Waals surface area contributed by atoms with Gasteiger partial charge in [0, 0.05) is 5.75 Å². The lowest BCUT2D eigenvalue weighted by molar-refractivity contribution is -0.753. The molecule has 20 heavy (non-hydrogen) atoms. The zero-order valence-electron chi connectivity index (χ0n) is 10.8. The molecule has 10 nitrogen and oxygen atoms in total. The van der Waals surface area contributed by atoms with Crippen molar-refractivity contribution in [1.82, 2.24) is 20.2 Å². The summed E-state index contributed by atoms with van der Waals surface area (Å²) in [7, 11) is 3.55. The van der Waals surface area contributed by atoms with Crippen LogP contribution in [0.2, 0.25) is 0 Å². The number of hydrogen-bond acceptors (Lipinski definition) is 10. The van der Waals surface area contributed by atoms with Crippen LogP contribution in [0.5, 0.6) is 0 Å². The van der Waals surface area contributed by atoms with E-state index in [2.05, 4.69) is 25.2 Å². The van der Waals surface area contributed by atoms with E-state index in [0.717, 1.165) is 11.8 Å². The molecule has 2 aromatic rings. The van der Waals surface area contributed by atoms with Gasteiger partial charge >= 0.3 is 5.88 Å². The van der Waals surface area contributed by atoms with Crippen LogP contribution in [0.15, 0.2) is 27.2 Å². The van der Waals surface area contributed by atoms with Gasteiger partial charge in [-0.05, 0) is 5.90 Å². The van der Waals surface area contributed by atoms with Gasteiger partial charge in [-0.25, -0.2) is 15.0 Å². The van der Waals surface area contributed by atoms with E-state index in [0.29, 0.717) is 5.16 Å². The normalized spacial score (nSPS) is 11.6. The SMILES string of the molecule is CN(C)[n+]1cc(/N=C(/[O-])CSc2ncnc(N)n2)on1. The zero-order valence-corrected chi connectivity index (χ0v) is 11.6. The number of aliphatic imine (C=N–C) groups is 1. The van der Waals surface area contributed by atoms with Crippen LogP contribution in [0.25, 0.3) is 0 Å². The fraction of sp³-hybridized carbons (Fsp3) is 0.333. The van der Waals surface area contributed by atoms with Gasteiger partial charge in [-0.1, -0.05) is 11.8 Å². The molecule has 2 N–H and O–H groups in total. The molecule has 0 saturated carbocycles.